The summed E-state index contributed by atoms with van der Waals surface area (Å²) in [6.07, 6.45) is 3.19. The van der Waals surface area contributed by atoms with Crippen LogP contribution in [0, 0.1) is 5.92 Å². The number of likely N-dealkylation sites (tertiary alicyclic amines) is 1. The number of nitrogens with zero attached hydrogens (tertiary/aromatic N) is 2. The van der Waals surface area contributed by atoms with E-state index in [1.54, 1.807) is 0 Å². The van der Waals surface area contributed by atoms with Crippen molar-refractivity contribution in [3.63, 3.8) is 0 Å². The highest BCUT2D eigenvalue weighted by Crippen LogP contribution is 2.22. The van der Waals surface area contributed by atoms with Crippen LogP contribution >= 0.6 is 0 Å². The number of benzene rings is 1. The van der Waals surface area contributed by atoms with Crippen molar-refractivity contribution in [2.45, 2.75) is 13.0 Å². The highest BCUT2D eigenvalue weighted by Gasteiger charge is 2.22. The van der Waals surface area contributed by atoms with E-state index >= 15 is 0 Å². The van der Waals surface area contributed by atoms with Crippen LogP contribution in [0.2, 0.25) is 0 Å². The van der Waals surface area contributed by atoms with Gasteiger partial charge in [-0.25, -0.2) is 0 Å². The fourth-order valence-corrected chi connectivity index (χ4v) is 3.05. The Bertz CT molecular complexity index is 547. The Labute approximate surface area is 114 Å². The van der Waals surface area contributed by atoms with Gasteiger partial charge in [0.1, 0.15) is 0 Å². The van der Waals surface area contributed by atoms with E-state index in [9.17, 15) is 0 Å². The topological polar surface area (TPSA) is 28.2 Å². The summed E-state index contributed by atoms with van der Waals surface area (Å²) in [7, 11) is 2.04. The number of hydrogen-bond acceptors (Lipinski definition) is 3. The summed E-state index contributed by atoms with van der Waals surface area (Å²) < 4.78 is 0. The summed E-state index contributed by atoms with van der Waals surface area (Å²) in [5.74, 6) is 0.799. The van der Waals surface area contributed by atoms with Crippen molar-refractivity contribution in [2.75, 3.05) is 26.7 Å². The molecule has 1 aromatic carbocycles. The Morgan fingerprint density at radius 1 is 1.32 bits per heavy atom. The Morgan fingerprint density at radius 3 is 3.11 bits per heavy atom. The summed E-state index contributed by atoms with van der Waals surface area (Å²) in [4.78, 5) is 7.09. The first-order valence-electron chi connectivity index (χ1n) is 7.06. The molecule has 0 amide bonds. The summed E-state index contributed by atoms with van der Waals surface area (Å²) in [6, 6.07) is 10.6. The van der Waals surface area contributed by atoms with Crippen molar-refractivity contribution in [1.29, 1.82) is 0 Å². The summed E-state index contributed by atoms with van der Waals surface area (Å²) in [6.45, 7) is 4.55. The van der Waals surface area contributed by atoms with Crippen LogP contribution in [-0.4, -0.2) is 36.6 Å². The molecule has 100 valence electrons. The molecule has 1 aromatic heterocycles. The normalized spacial score (nSPS) is 20.2. The first kappa shape index (κ1) is 12.6. The molecule has 0 saturated carbocycles. The Kier molecular flexibility index (Phi) is 3.76. The third-order valence-electron chi connectivity index (χ3n) is 3.97. The predicted octanol–water partition coefficient (Wildman–Crippen LogP) is 2.28. The number of rotatable bonds is 4. The smallest absolute Gasteiger partial charge is 0.0746 e. The zero-order chi connectivity index (χ0) is 13.1. The Balaban J connectivity index is 1.75. The zero-order valence-electron chi connectivity index (χ0n) is 11.5. The van der Waals surface area contributed by atoms with Crippen LogP contribution in [0.5, 0.6) is 0 Å². The van der Waals surface area contributed by atoms with Crippen LogP contribution in [0.3, 0.4) is 0 Å². The zero-order valence-corrected chi connectivity index (χ0v) is 11.5. The summed E-state index contributed by atoms with van der Waals surface area (Å²) in [5, 5.41) is 4.53. The molecule has 0 bridgehead atoms. The number of para-hydroxylation sites is 1. The molecule has 2 heterocycles. The van der Waals surface area contributed by atoms with E-state index in [-0.39, 0.29) is 0 Å². The largest absolute Gasteiger partial charge is 0.319 e. The van der Waals surface area contributed by atoms with Crippen LogP contribution in [0.4, 0.5) is 0 Å². The molecule has 3 rings (SSSR count). The van der Waals surface area contributed by atoms with Gasteiger partial charge in [0.15, 0.2) is 0 Å². The highest BCUT2D eigenvalue weighted by molar-refractivity contribution is 5.81. The molecule has 0 spiro atoms. The molecule has 1 aliphatic rings. The highest BCUT2D eigenvalue weighted by atomic mass is 15.1. The lowest BCUT2D eigenvalue weighted by Gasteiger charge is -2.17. The first-order chi connectivity index (χ1) is 9.36. The van der Waals surface area contributed by atoms with E-state index in [1.165, 1.54) is 30.5 Å². The molecule has 1 saturated heterocycles. The predicted molar refractivity (Wildman–Crippen MR) is 79.1 cm³/mol. The first-order valence-corrected chi connectivity index (χ1v) is 7.06. The van der Waals surface area contributed by atoms with E-state index in [1.807, 2.05) is 19.3 Å². The molecular formula is C16H21N3. The van der Waals surface area contributed by atoms with Crippen LogP contribution in [0.1, 0.15) is 12.0 Å². The average molecular weight is 255 g/mol. The quantitative estimate of drug-likeness (QED) is 0.908. The molecule has 2 aromatic rings. The van der Waals surface area contributed by atoms with Crippen molar-refractivity contribution < 1.29 is 0 Å². The number of nitrogens with one attached hydrogen (secondary N) is 1. The summed E-state index contributed by atoms with van der Waals surface area (Å²) >= 11 is 0. The van der Waals surface area contributed by atoms with Crippen LogP contribution in [-0.2, 0) is 6.54 Å². The van der Waals surface area contributed by atoms with E-state index in [4.69, 9.17) is 0 Å². The Hall–Kier alpha value is -1.45. The molecule has 19 heavy (non-hydrogen) atoms. The lowest BCUT2D eigenvalue weighted by Crippen LogP contribution is -2.24. The number of fused-ring (bicyclic) bond motifs is 1. The lowest BCUT2D eigenvalue weighted by atomic mass is 10.1. The number of pyridine rings is 1. The van der Waals surface area contributed by atoms with Gasteiger partial charge in [-0.2, -0.15) is 0 Å². The van der Waals surface area contributed by atoms with Gasteiger partial charge in [-0.1, -0.05) is 24.3 Å². The van der Waals surface area contributed by atoms with Crippen molar-refractivity contribution >= 4 is 10.9 Å². The van der Waals surface area contributed by atoms with Crippen LogP contribution in [0.15, 0.2) is 36.5 Å². The molecule has 1 N–H and O–H groups in total. The fourth-order valence-electron chi connectivity index (χ4n) is 3.05. The minimum Gasteiger partial charge on any atom is -0.319 e. The Morgan fingerprint density at radius 2 is 2.21 bits per heavy atom. The molecule has 1 atom stereocenters. The van der Waals surface area contributed by atoms with Gasteiger partial charge < -0.3 is 5.32 Å². The van der Waals surface area contributed by atoms with Crippen LogP contribution in [0.25, 0.3) is 10.9 Å². The van der Waals surface area contributed by atoms with Crippen LogP contribution < -0.4 is 5.32 Å². The van der Waals surface area contributed by atoms with E-state index in [0.29, 0.717) is 0 Å². The van der Waals surface area contributed by atoms with Gasteiger partial charge in [0, 0.05) is 24.7 Å². The standard InChI is InChI=1S/C16H21N3/c1-17-10-13-7-9-19(11-13)12-15-5-2-4-14-6-3-8-18-16(14)15/h2-6,8,13,17H,7,9-12H2,1H3. The minimum atomic E-state index is 0.799. The third kappa shape index (κ3) is 2.77. The second-order valence-corrected chi connectivity index (χ2v) is 5.44. The maximum Gasteiger partial charge on any atom is 0.0746 e. The lowest BCUT2D eigenvalue weighted by molar-refractivity contribution is 0.316. The molecular weight excluding hydrogens is 234 g/mol. The van der Waals surface area contributed by atoms with Gasteiger partial charge in [-0.3, -0.25) is 9.88 Å². The number of hydrogen-bond donors (Lipinski definition) is 1. The molecule has 1 fully saturated rings. The fraction of sp³-hybridized carbons (Fsp3) is 0.438. The van der Waals surface area contributed by atoms with E-state index < -0.39 is 0 Å². The van der Waals surface area contributed by atoms with Crippen molar-refractivity contribution in [1.82, 2.24) is 15.2 Å². The van der Waals surface area contributed by atoms with E-state index in [2.05, 4.69) is 39.5 Å². The summed E-state index contributed by atoms with van der Waals surface area (Å²) in [5.41, 5.74) is 2.50. The molecule has 3 nitrogen and oxygen atoms in total. The molecule has 0 radical (unpaired) electrons. The van der Waals surface area contributed by atoms with Gasteiger partial charge >= 0.3 is 0 Å². The average Bonchev–Trinajstić information content (AvgIpc) is 2.87. The van der Waals surface area contributed by atoms with Gasteiger partial charge in [-0.05, 0) is 44.1 Å². The molecule has 0 aliphatic carbocycles. The van der Waals surface area contributed by atoms with Gasteiger partial charge in [0.05, 0.1) is 5.52 Å². The second kappa shape index (κ2) is 5.68. The molecule has 1 unspecified atom stereocenters. The molecule has 3 heteroatoms. The minimum absolute atomic E-state index is 0.799. The van der Waals surface area contributed by atoms with Gasteiger partial charge in [0.25, 0.3) is 0 Å². The van der Waals surface area contributed by atoms with Crippen molar-refractivity contribution in [3.8, 4) is 0 Å². The SMILES string of the molecule is CNCC1CCN(Cc2cccc3cccnc23)C1. The second-order valence-electron chi connectivity index (χ2n) is 5.44. The monoisotopic (exact) mass is 255 g/mol. The number of aromatic nitrogens is 1. The van der Waals surface area contributed by atoms with Crippen molar-refractivity contribution in [3.05, 3.63) is 42.1 Å². The van der Waals surface area contributed by atoms with Crippen molar-refractivity contribution in [2.24, 2.45) is 5.92 Å². The van der Waals surface area contributed by atoms with Gasteiger partial charge in [-0.15, -0.1) is 0 Å². The maximum atomic E-state index is 4.54. The van der Waals surface area contributed by atoms with E-state index in [0.717, 1.165) is 24.5 Å². The maximum absolute atomic E-state index is 4.54. The van der Waals surface area contributed by atoms with Gasteiger partial charge in [0.2, 0.25) is 0 Å². The third-order valence-corrected chi connectivity index (χ3v) is 3.97. The molecule has 1 aliphatic heterocycles.